The molecule has 0 aromatic heterocycles. The SMILES string of the molecule is COC(=O)C(O)C(C)(NC(C)=O)c1ccccc1. The van der Waals surface area contributed by atoms with Crippen molar-refractivity contribution in [1.29, 1.82) is 0 Å². The van der Waals surface area contributed by atoms with E-state index >= 15 is 0 Å². The maximum absolute atomic E-state index is 11.5. The van der Waals surface area contributed by atoms with E-state index < -0.39 is 17.6 Å². The van der Waals surface area contributed by atoms with Crippen molar-refractivity contribution in [2.75, 3.05) is 7.11 Å². The lowest BCUT2D eigenvalue weighted by Gasteiger charge is -2.34. The molecule has 2 N–H and O–H groups in total. The number of hydrogen-bond acceptors (Lipinski definition) is 4. The molecule has 0 saturated carbocycles. The molecule has 1 rings (SSSR count). The standard InChI is InChI=1S/C13H17NO4/c1-9(15)14-13(2,11(16)12(17)18-3)10-7-5-4-6-8-10/h4-8,11,16H,1-3H3,(H,14,15). The number of aliphatic hydroxyl groups excluding tert-OH is 1. The molecule has 1 amide bonds. The molecule has 98 valence electrons. The number of methoxy groups -OCH3 is 1. The van der Waals surface area contributed by atoms with E-state index in [1.54, 1.807) is 31.2 Å². The first-order chi connectivity index (χ1) is 8.41. The first-order valence-electron chi connectivity index (χ1n) is 5.52. The van der Waals surface area contributed by atoms with E-state index in [1.165, 1.54) is 14.0 Å². The van der Waals surface area contributed by atoms with Crippen LogP contribution in [0.1, 0.15) is 19.4 Å². The lowest BCUT2D eigenvalue weighted by molar-refractivity contribution is -0.155. The van der Waals surface area contributed by atoms with Gasteiger partial charge >= 0.3 is 5.97 Å². The summed E-state index contributed by atoms with van der Waals surface area (Å²) in [5.41, 5.74) is -0.599. The Balaban J connectivity index is 3.18. The molecule has 0 aliphatic rings. The monoisotopic (exact) mass is 251 g/mol. The zero-order valence-electron chi connectivity index (χ0n) is 10.6. The predicted octanol–water partition coefficient (Wildman–Crippen LogP) is 0.572. The zero-order valence-corrected chi connectivity index (χ0v) is 10.6. The highest BCUT2D eigenvalue weighted by molar-refractivity contribution is 5.80. The summed E-state index contributed by atoms with van der Waals surface area (Å²) in [6.45, 7) is 2.90. The van der Waals surface area contributed by atoms with Crippen LogP contribution in [0.15, 0.2) is 30.3 Å². The summed E-state index contributed by atoms with van der Waals surface area (Å²) < 4.78 is 4.52. The summed E-state index contributed by atoms with van der Waals surface area (Å²) in [5.74, 6) is -1.14. The smallest absolute Gasteiger partial charge is 0.337 e. The first kappa shape index (κ1) is 14.2. The molecule has 0 fully saturated rings. The Hall–Kier alpha value is -1.88. The van der Waals surface area contributed by atoms with Gasteiger partial charge in [-0.25, -0.2) is 4.79 Å². The molecule has 5 nitrogen and oxygen atoms in total. The average Bonchev–Trinajstić information content (AvgIpc) is 2.37. The maximum Gasteiger partial charge on any atom is 0.337 e. The second kappa shape index (κ2) is 5.64. The number of rotatable bonds is 4. The minimum absolute atomic E-state index is 0.343. The maximum atomic E-state index is 11.5. The summed E-state index contributed by atoms with van der Waals surface area (Å²) in [6, 6.07) is 8.78. The van der Waals surface area contributed by atoms with Crippen molar-refractivity contribution in [3.8, 4) is 0 Å². The van der Waals surface area contributed by atoms with E-state index in [1.807, 2.05) is 6.07 Å². The number of ether oxygens (including phenoxy) is 1. The molecular formula is C13H17NO4. The molecule has 0 radical (unpaired) electrons. The molecule has 18 heavy (non-hydrogen) atoms. The van der Waals surface area contributed by atoms with E-state index in [0.717, 1.165) is 0 Å². The van der Waals surface area contributed by atoms with E-state index in [2.05, 4.69) is 10.1 Å². The molecule has 0 spiro atoms. The minimum atomic E-state index is -1.48. The third-order valence-corrected chi connectivity index (χ3v) is 2.78. The van der Waals surface area contributed by atoms with Gasteiger partial charge in [0.15, 0.2) is 6.10 Å². The van der Waals surface area contributed by atoms with Crippen molar-refractivity contribution in [2.24, 2.45) is 0 Å². The molecule has 0 bridgehead atoms. The van der Waals surface area contributed by atoms with Crippen LogP contribution in [0.2, 0.25) is 0 Å². The Morgan fingerprint density at radius 1 is 1.33 bits per heavy atom. The lowest BCUT2D eigenvalue weighted by Crippen LogP contribution is -2.54. The van der Waals surface area contributed by atoms with Gasteiger partial charge in [-0.2, -0.15) is 0 Å². The first-order valence-corrected chi connectivity index (χ1v) is 5.52. The molecule has 0 saturated heterocycles. The molecule has 2 unspecified atom stereocenters. The van der Waals surface area contributed by atoms with Crippen molar-refractivity contribution < 1.29 is 19.4 Å². The highest BCUT2D eigenvalue weighted by Crippen LogP contribution is 2.25. The Morgan fingerprint density at radius 2 is 1.89 bits per heavy atom. The van der Waals surface area contributed by atoms with Crippen LogP contribution in [-0.2, 0) is 19.9 Å². The number of benzene rings is 1. The van der Waals surface area contributed by atoms with Gasteiger partial charge in [0.2, 0.25) is 5.91 Å². The second-order valence-electron chi connectivity index (χ2n) is 4.18. The summed E-state index contributed by atoms with van der Waals surface area (Å²) in [7, 11) is 1.19. The average molecular weight is 251 g/mol. The van der Waals surface area contributed by atoms with Crippen LogP contribution >= 0.6 is 0 Å². The second-order valence-corrected chi connectivity index (χ2v) is 4.18. The van der Waals surface area contributed by atoms with Crippen molar-refractivity contribution in [3.05, 3.63) is 35.9 Å². The van der Waals surface area contributed by atoms with Crippen LogP contribution in [0.5, 0.6) is 0 Å². The molecular weight excluding hydrogens is 234 g/mol. The summed E-state index contributed by atoms with van der Waals surface area (Å²) in [5, 5.41) is 12.6. The summed E-state index contributed by atoms with van der Waals surface area (Å²) >= 11 is 0. The third-order valence-electron chi connectivity index (χ3n) is 2.78. The Morgan fingerprint density at radius 3 is 2.33 bits per heavy atom. The third kappa shape index (κ3) is 2.87. The van der Waals surface area contributed by atoms with Crippen LogP contribution in [-0.4, -0.2) is 30.2 Å². The van der Waals surface area contributed by atoms with Crippen molar-refractivity contribution >= 4 is 11.9 Å². The van der Waals surface area contributed by atoms with Crippen LogP contribution in [0.3, 0.4) is 0 Å². The van der Waals surface area contributed by atoms with Gasteiger partial charge in [0, 0.05) is 6.92 Å². The Labute approximate surface area is 106 Å². The topological polar surface area (TPSA) is 75.6 Å². The van der Waals surface area contributed by atoms with Gasteiger partial charge in [0.05, 0.1) is 12.6 Å². The number of carbonyl (C=O) groups is 2. The van der Waals surface area contributed by atoms with Gasteiger partial charge in [-0.1, -0.05) is 30.3 Å². The number of carbonyl (C=O) groups excluding carboxylic acids is 2. The number of aliphatic hydroxyl groups is 1. The van der Waals surface area contributed by atoms with E-state index in [4.69, 9.17) is 0 Å². The molecule has 5 heteroatoms. The van der Waals surface area contributed by atoms with Gasteiger partial charge in [-0.15, -0.1) is 0 Å². The Bertz CT molecular complexity index is 432. The fourth-order valence-corrected chi connectivity index (χ4v) is 1.80. The zero-order chi connectivity index (χ0) is 13.8. The summed E-state index contributed by atoms with van der Waals surface area (Å²) in [4.78, 5) is 22.8. The number of amides is 1. The highest BCUT2D eigenvalue weighted by atomic mass is 16.5. The minimum Gasteiger partial charge on any atom is -0.467 e. The molecule has 1 aromatic carbocycles. The molecule has 0 heterocycles. The fraction of sp³-hybridized carbons (Fsp3) is 0.385. The van der Waals surface area contributed by atoms with Crippen molar-refractivity contribution in [1.82, 2.24) is 5.32 Å². The predicted molar refractivity (Wildman–Crippen MR) is 65.6 cm³/mol. The van der Waals surface area contributed by atoms with E-state index in [9.17, 15) is 14.7 Å². The normalized spacial score (nSPS) is 15.3. The van der Waals surface area contributed by atoms with Gasteiger partial charge < -0.3 is 15.2 Å². The molecule has 1 aromatic rings. The van der Waals surface area contributed by atoms with Crippen molar-refractivity contribution in [3.63, 3.8) is 0 Å². The van der Waals surface area contributed by atoms with E-state index in [0.29, 0.717) is 5.56 Å². The fourth-order valence-electron chi connectivity index (χ4n) is 1.80. The van der Waals surface area contributed by atoms with Crippen molar-refractivity contribution in [2.45, 2.75) is 25.5 Å². The van der Waals surface area contributed by atoms with Crippen LogP contribution in [0, 0.1) is 0 Å². The van der Waals surface area contributed by atoms with Gasteiger partial charge in [-0.3, -0.25) is 4.79 Å². The largest absolute Gasteiger partial charge is 0.467 e. The number of nitrogens with one attached hydrogen (secondary N) is 1. The van der Waals surface area contributed by atoms with Gasteiger partial charge in [-0.05, 0) is 12.5 Å². The molecule has 2 atom stereocenters. The lowest BCUT2D eigenvalue weighted by atomic mass is 9.86. The van der Waals surface area contributed by atoms with E-state index in [-0.39, 0.29) is 5.91 Å². The van der Waals surface area contributed by atoms with Crippen LogP contribution in [0.4, 0.5) is 0 Å². The van der Waals surface area contributed by atoms with Crippen LogP contribution < -0.4 is 5.32 Å². The highest BCUT2D eigenvalue weighted by Gasteiger charge is 2.40. The van der Waals surface area contributed by atoms with Gasteiger partial charge in [0.1, 0.15) is 0 Å². The van der Waals surface area contributed by atoms with Crippen LogP contribution in [0.25, 0.3) is 0 Å². The quantitative estimate of drug-likeness (QED) is 0.767. The van der Waals surface area contributed by atoms with Gasteiger partial charge in [0.25, 0.3) is 0 Å². The number of esters is 1. The molecule has 0 aliphatic carbocycles. The number of hydrogen-bond donors (Lipinski definition) is 2. The molecule has 0 aliphatic heterocycles. The Kier molecular flexibility index (Phi) is 4.44. The summed E-state index contributed by atoms with van der Waals surface area (Å²) in [6.07, 6.45) is -1.48.